The van der Waals surface area contributed by atoms with E-state index in [1.807, 2.05) is 6.07 Å². The molecule has 1 aliphatic rings. The second-order valence-corrected chi connectivity index (χ2v) is 4.46. The highest BCUT2D eigenvalue weighted by Gasteiger charge is 2.71. The van der Waals surface area contributed by atoms with Gasteiger partial charge in [0.15, 0.2) is 0 Å². The van der Waals surface area contributed by atoms with E-state index in [0.29, 0.717) is 5.56 Å². The van der Waals surface area contributed by atoms with Gasteiger partial charge in [-0.05, 0) is 24.7 Å². The Labute approximate surface area is 89.6 Å². The molecule has 1 aromatic rings. The van der Waals surface area contributed by atoms with Crippen LogP contribution in [0.15, 0.2) is 28.7 Å². The third-order valence-electron chi connectivity index (χ3n) is 2.73. The minimum Gasteiger partial charge on any atom is -0.305 e. The smallest absolute Gasteiger partial charge is 0.272 e. The highest BCUT2D eigenvalue weighted by molar-refractivity contribution is 9.10. The van der Waals surface area contributed by atoms with Crippen molar-refractivity contribution in [1.82, 2.24) is 5.32 Å². The van der Waals surface area contributed by atoms with E-state index < -0.39 is 11.5 Å². The van der Waals surface area contributed by atoms with Crippen LogP contribution < -0.4 is 5.32 Å². The van der Waals surface area contributed by atoms with Crippen LogP contribution >= 0.6 is 15.9 Å². The van der Waals surface area contributed by atoms with Crippen LogP contribution in [0.3, 0.4) is 0 Å². The fraction of sp³-hybridized carbons (Fsp3) is 0.400. The Bertz CT molecular complexity index is 367. The molecule has 1 N–H and O–H groups in total. The Hall–Kier alpha value is -0.480. The first kappa shape index (κ1) is 10.1. The molecule has 14 heavy (non-hydrogen) atoms. The Balaban J connectivity index is 2.40. The molecule has 1 nitrogen and oxygen atoms in total. The minimum absolute atomic E-state index is 0.118. The van der Waals surface area contributed by atoms with Gasteiger partial charge in [0.2, 0.25) is 0 Å². The summed E-state index contributed by atoms with van der Waals surface area (Å²) < 4.78 is 27.2. The van der Waals surface area contributed by atoms with Gasteiger partial charge in [0.05, 0.1) is 0 Å². The fourth-order valence-electron chi connectivity index (χ4n) is 1.77. The Kier molecular flexibility index (Phi) is 2.16. The first-order valence-electron chi connectivity index (χ1n) is 4.35. The lowest BCUT2D eigenvalue weighted by Gasteiger charge is -2.15. The van der Waals surface area contributed by atoms with Crippen molar-refractivity contribution in [2.75, 3.05) is 7.05 Å². The van der Waals surface area contributed by atoms with Gasteiger partial charge in [-0.15, -0.1) is 0 Å². The average molecular weight is 262 g/mol. The molecular weight excluding hydrogens is 252 g/mol. The first-order valence-corrected chi connectivity index (χ1v) is 5.14. The molecule has 1 unspecified atom stereocenters. The van der Waals surface area contributed by atoms with Crippen LogP contribution in [0.5, 0.6) is 0 Å². The monoisotopic (exact) mass is 261 g/mol. The number of rotatable bonds is 2. The van der Waals surface area contributed by atoms with E-state index >= 15 is 0 Å². The van der Waals surface area contributed by atoms with Crippen LogP contribution in [0, 0.1) is 0 Å². The van der Waals surface area contributed by atoms with E-state index in [1.54, 1.807) is 25.2 Å². The lowest BCUT2D eigenvalue weighted by atomic mass is 10.1. The molecule has 1 saturated carbocycles. The molecule has 1 aliphatic carbocycles. The summed E-state index contributed by atoms with van der Waals surface area (Å²) in [4.78, 5) is 0. The molecule has 76 valence electrons. The third kappa shape index (κ3) is 1.28. The number of benzene rings is 1. The van der Waals surface area contributed by atoms with Gasteiger partial charge in [0, 0.05) is 10.9 Å². The number of alkyl halides is 2. The molecular formula is C10H10BrF2N. The summed E-state index contributed by atoms with van der Waals surface area (Å²) >= 11 is 3.28. The van der Waals surface area contributed by atoms with Gasteiger partial charge in [-0.3, -0.25) is 0 Å². The molecule has 0 aliphatic heterocycles. The summed E-state index contributed by atoms with van der Waals surface area (Å²) in [5.41, 5.74) is -0.504. The molecule has 0 heterocycles. The van der Waals surface area contributed by atoms with Crippen molar-refractivity contribution >= 4 is 15.9 Å². The van der Waals surface area contributed by atoms with Crippen LogP contribution in [-0.4, -0.2) is 13.0 Å². The SMILES string of the molecule is CNC1(c2cccc(Br)c2)CC1(F)F. The lowest BCUT2D eigenvalue weighted by Crippen LogP contribution is -2.31. The number of hydrogen-bond acceptors (Lipinski definition) is 1. The molecule has 2 rings (SSSR count). The predicted molar refractivity (Wildman–Crippen MR) is 54.4 cm³/mol. The Morgan fingerprint density at radius 2 is 2.07 bits per heavy atom. The van der Waals surface area contributed by atoms with Gasteiger partial charge in [-0.2, -0.15) is 0 Å². The molecule has 0 bridgehead atoms. The van der Waals surface area contributed by atoms with E-state index in [4.69, 9.17) is 0 Å². The summed E-state index contributed by atoms with van der Waals surface area (Å²) in [5, 5.41) is 2.72. The zero-order chi connectivity index (χ0) is 10.4. The summed E-state index contributed by atoms with van der Waals surface area (Å²) in [6.07, 6.45) is -0.118. The summed E-state index contributed by atoms with van der Waals surface area (Å²) in [7, 11) is 1.57. The van der Waals surface area contributed by atoms with Crippen molar-refractivity contribution in [3.05, 3.63) is 34.3 Å². The van der Waals surface area contributed by atoms with Crippen molar-refractivity contribution in [1.29, 1.82) is 0 Å². The molecule has 1 aromatic carbocycles. The van der Waals surface area contributed by atoms with Crippen molar-refractivity contribution in [2.24, 2.45) is 0 Å². The number of halogens is 3. The Morgan fingerprint density at radius 3 is 2.50 bits per heavy atom. The molecule has 0 saturated heterocycles. The van der Waals surface area contributed by atoms with Gasteiger partial charge in [0.25, 0.3) is 5.92 Å². The predicted octanol–water partition coefficient (Wildman–Crippen LogP) is 2.90. The molecule has 1 fully saturated rings. The number of nitrogens with one attached hydrogen (secondary N) is 1. The largest absolute Gasteiger partial charge is 0.305 e. The first-order chi connectivity index (χ1) is 6.52. The molecule has 0 radical (unpaired) electrons. The second-order valence-electron chi connectivity index (χ2n) is 3.55. The maximum Gasteiger partial charge on any atom is 0.272 e. The molecule has 0 spiro atoms. The van der Waals surface area contributed by atoms with E-state index in [1.165, 1.54) is 0 Å². The zero-order valence-electron chi connectivity index (χ0n) is 7.65. The van der Waals surface area contributed by atoms with Crippen LogP contribution in [0.25, 0.3) is 0 Å². The summed E-state index contributed by atoms with van der Waals surface area (Å²) in [6.45, 7) is 0. The zero-order valence-corrected chi connectivity index (χ0v) is 9.24. The van der Waals surface area contributed by atoms with Gasteiger partial charge < -0.3 is 5.32 Å². The van der Waals surface area contributed by atoms with Crippen LogP contribution in [0.2, 0.25) is 0 Å². The van der Waals surface area contributed by atoms with Gasteiger partial charge in [0.1, 0.15) is 5.54 Å². The molecule has 1 atom stereocenters. The van der Waals surface area contributed by atoms with E-state index in [9.17, 15) is 8.78 Å². The van der Waals surface area contributed by atoms with Gasteiger partial charge in [-0.25, -0.2) is 8.78 Å². The van der Waals surface area contributed by atoms with Gasteiger partial charge in [-0.1, -0.05) is 28.1 Å². The molecule has 4 heteroatoms. The normalized spacial score (nSPS) is 28.9. The van der Waals surface area contributed by atoms with Gasteiger partial charge >= 0.3 is 0 Å². The van der Waals surface area contributed by atoms with E-state index in [2.05, 4.69) is 21.2 Å². The quantitative estimate of drug-likeness (QED) is 0.864. The maximum atomic E-state index is 13.2. The van der Waals surface area contributed by atoms with Crippen molar-refractivity contribution < 1.29 is 8.78 Å². The summed E-state index contributed by atoms with van der Waals surface area (Å²) in [5.74, 6) is -2.62. The molecule has 0 amide bonds. The van der Waals surface area contributed by atoms with Crippen LogP contribution in [-0.2, 0) is 5.54 Å². The topological polar surface area (TPSA) is 12.0 Å². The minimum atomic E-state index is -2.62. The van der Waals surface area contributed by atoms with Crippen LogP contribution in [0.4, 0.5) is 8.78 Å². The van der Waals surface area contributed by atoms with Crippen molar-refractivity contribution in [2.45, 2.75) is 17.9 Å². The van der Waals surface area contributed by atoms with Crippen molar-refractivity contribution in [3.8, 4) is 0 Å². The standard InChI is InChI=1S/C10H10BrF2N/c1-14-9(6-10(9,12)13)7-3-2-4-8(11)5-7/h2-5,14H,6H2,1H3. The highest BCUT2D eigenvalue weighted by Crippen LogP contribution is 2.59. The number of hydrogen-bond donors (Lipinski definition) is 1. The third-order valence-corrected chi connectivity index (χ3v) is 3.22. The second kappa shape index (κ2) is 3.00. The lowest BCUT2D eigenvalue weighted by molar-refractivity contribution is 0.0804. The fourth-order valence-corrected chi connectivity index (χ4v) is 2.17. The maximum absolute atomic E-state index is 13.2. The van der Waals surface area contributed by atoms with E-state index in [-0.39, 0.29) is 6.42 Å². The Morgan fingerprint density at radius 1 is 1.43 bits per heavy atom. The van der Waals surface area contributed by atoms with Crippen molar-refractivity contribution in [3.63, 3.8) is 0 Å². The highest BCUT2D eigenvalue weighted by atomic mass is 79.9. The molecule has 0 aromatic heterocycles. The summed E-state index contributed by atoms with van der Waals surface area (Å²) in [6, 6.07) is 7.06. The van der Waals surface area contributed by atoms with Crippen LogP contribution in [0.1, 0.15) is 12.0 Å². The van der Waals surface area contributed by atoms with E-state index in [0.717, 1.165) is 4.47 Å². The average Bonchev–Trinajstić information content (AvgIpc) is 2.70.